The van der Waals surface area contributed by atoms with Crippen molar-refractivity contribution in [3.8, 4) is 0 Å². The smallest absolute Gasteiger partial charge is 0.416 e. The molecule has 0 spiro atoms. The van der Waals surface area contributed by atoms with Crippen LogP contribution in [0.4, 0.5) is 13.2 Å². The maximum absolute atomic E-state index is 12.7. The molecule has 104 valence electrons. The van der Waals surface area contributed by atoms with Crippen molar-refractivity contribution in [2.24, 2.45) is 5.92 Å². The summed E-state index contributed by atoms with van der Waals surface area (Å²) in [5, 5.41) is 8.89. The first-order valence-electron chi connectivity index (χ1n) is 5.85. The second-order valence-electron chi connectivity index (χ2n) is 4.73. The Hall–Kier alpha value is -1.17. The number of fused-ring (bicyclic) bond motifs is 1. The van der Waals surface area contributed by atoms with Gasteiger partial charge in [-0.15, -0.1) is 11.8 Å². The molecule has 2 rings (SSSR count). The van der Waals surface area contributed by atoms with Gasteiger partial charge in [0.1, 0.15) is 0 Å². The number of thioether (sulfide) groups is 1. The van der Waals surface area contributed by atoms with E-state index < -0.39 is 23.6 Å². The van der Waals surface area contributed by atoms with Gasteiger partial charge in [-0.25, -0.2) is 0 Å². The summed E-state index contributed by atoms with van der Waals surface area (Å²) in [4.78, 5) is 11.7. The number of carboxylic acid groups (broad SMARTS) is 1. The van der Waals surface area contributed by atoms with Crippen molar-refractivity contribution in [2.45, 2.75) is 30.3 Å². The molecule has 1 aliphatic rings. The number of hydrogen-bond acceptors (Lipinski definition) is 2. The van der Waals surface area contributed by atoms with Crippen LogP contribution in [0.3, 0.4) is 0 Å². The van der Waals surface area contributed by atoms with Crippen molar-refractivity contribution in [1.82, 2.24) is 0 Å². The number of alkyl halides is 3. The fourth-order valence-corrected chi connectivity index (χ4v) is 3.43. The molecule has 2 atom stereocenters. The van der Waals surface area contributed by atoms with Crippen molar-refractivity contribution in [3.05, 3.63) is 29.3 Å². The van der Waals surface area contributed by atoms with Crippen molar-refractivity contribution in [2.75, 3.05) is 5.75 Å². The van der Waals surface area contributed by atoms with Crippen LogP contribution in [0.5, 0.6) is 0 Å². The molecule has 0 amide bonds. The molecule has 0 fully saturated rings. The van der Waals surface area contributed by atoms with Gasteiger partial charge in [-0.3, -0.25) is 4.79 Å². The Morgan fingerprint density at radius 3 is 2.79 bits per heavy atom. The summed E-state index contributed by atoms with van der Waals surface area (Å²) >= 11 is 1.49. The third-order valence-electron chi connectivity index (χ3n) is 3.28. The zero-order chi connectivity index (χ0) is 14.2. The highest BCUT2D eigenvalue weighted by Gasteiger charge is 2.34. The Bertz CT molecular complexity index is 499. The van der Waals surface area contributed by atoms with Crippen LogP contribution >= 0.6 is 11.8 Å². The van der Waals surface area contributed by atoms with Crippen LogP contribution < -0.4 is 0 Å². The van der Waals surface area contributed by atoms with Crippen LogP contribution in [0.15, 0.2) is 23.1 Å². The zero-order valence-corrected chi connectivity index (χ0v) is 11.0. The van der Waals surface area contributed by atoms with Gasteiger partial charge in [-0.2, -0.15) is 13.2 Å². The quantitative estimate of drug-likeness (QED) is 0.914. The lowest BCUT2D eigenvalue weighted by Crippen LogP contribution is -2.14. The minimum atomic E-state index is -4.36. The molecule has 1 aromatic carbocycles. The van der Waals surface area contributed by atoms with Gasteiger partial charge in [0, 0.05) is 10.6 Å². The number of carboxylic acids is 1. The molecule has 0 saturated heterocycles. The third kappa shape index (κ3) is 3.05. The molecular formula is C13H13F3O2S. The lowest BCUT2D eigenvalue weighted by molar-refractivity contribution is -0.141. The molecule has 2 nitrogen and oxygen atoms in total. The topological polar surface area (TPSA) is 37.3 Å². The van der Waals surface area contributed by atoms with Crippen molar-refractivity contribution in [3.63, 3.8) is 0 Å². The Kier molecular flexibility index (Phi) is 3.80. The van der Waals surface area contributed by atoms with Crippen LogP contribution in [0, 0.1) is 5.92 Å². The van der Waals surface area contributed by atoms with E-state index in [0.717, 1.165) is 17.0 Å². The molecule has 2 unspecified atom stereocenters. The molecule has 1 heterocycles. The van der Waals surface area contributed by atoms with E-state index >= 15 is 0 Å². The van der Waals surface area contributed by atoms with Gasteiger partial charge in [0.25, 0.3) is 0 Å². The fraction of sp³-hybridized carbons (Fsp3) is 0.462. The highest BCUT2D eigenvalue weighted by molar-refractivity contribution is 7.99. The Labute approximate surface area is 113 Å². The van der Waals surface area contributed by atoms with E-state index in [0.29, 0.717) is 17.7 Å². The second kappa shape index (κ2) is 5.07. The number of aliphatic carboxylic acids is 1. The fourth-order valence-electron chi connectivity index (χ4n) is 2.18. The molecule has 1 N–H and O–H groups in total. The normalized spacial score (nSPS) is 20.1. The summed E-state index contributed by atoms with van der Waals surface area (Å²) in [5.41, 5.74) is -0.0327. The van der Waals surface area contributed by atoms with Crippen molar-refractivity contribution in [1.29, 1.82) is 0 Å². The monoisotopic (exact) mass is 290 g/mol. The van der Waals surface area contributed by atoms with Gasteiger partial charge >= 0.3 is 12.1 Å². The molecule has 0 radical (unpaired) electrons. The van der Waals surface area contributed by atoms with Crippen molar-refractivity contribution >= 4 is 17.7 Å². The lowest BCUT2D eigenvalue weighted by atomic mass is 9.90. The maximum Gasteiger partial charge on any atom is 0.416 e. The maximum atomic E-state index is 12.7. The Morgan fingerprint density at radius 2 is 2.21 bits per heavy atom. The standard InChI is InChI=1S/C13H13F3O2S/c1-7(12(17)18)4-8-6-19-11-3-2-9(5-10(8)11)13(14,15)16/h2-3,5,7-8H,4,6H2,1H3,(H,17,18). The van der Waals surface area contributed by atoms with Gasteiger partial charge in [-0.05, 0) is 36.1 Å². The summed E-state index contributed by atoms with van der Waals surface area (Å²) in [7, 11) is 0. The van der Waals surface area contributed by atoms with Gasteiger partial charge in [0.2, 0.25) is 0 Å². The van der Waals surface area contributed by atoms with E-state index in [9.17, 15) is 18.0 Å². The largest absolute Gasteiger partial charge is 0.481 e. The molecule has 1 aromatic rings. The van der Waals surface area contributed by atoms with E-state index in [1.807, 2.05) is 0 Å². The molecule has 19 heavy (non-hydrogen) atoms. The van der Waals surface area contributed by atoms with Gasteiger partial charge in [0.15, 0.2) is 0 Å². The van der Waals surface area contributed by atoms with Gasteiger partial charge < -0.3 is 5.11 Å². The number of halogens is 3. The van der Waals surface area contributed by atoms with Gasteiger partial charge in [0.05, 0.1) is 11.5 Å². The molecule has 0 bridgehead atoms. The SMILES string of the molecule is CC(CC1CSc2ccc(C(F)(F)F)cc21)C(=O)O. The minimum Gasteiger partial charge on any atom is -0.481 e. The van der Waals surface area contributed by atoms with Gasteiger partial charge in [-0.1, -0.05) is 6.92 Å². The summed E-state index contributed by atoms with van der Waals surface area (Å²) in [6.45, 7) is 1.58. The Balaban J connectivity index is 2.25. The second-order valence-corrected chi connectivity index (χ2v) is 5.80. The molecular weight excluding hydrogens is 277 g/mol. The van der Waals surface area contributed by atoms with Crippen LogP contribution in [-0.4, -0.2) is 16.8 Å². The van der Waals surface area contributed by atoms with E-state index in [1.165, 1.54) is 17.8 Å². The minimum absolute atomic E-state index is 0.117. The van der Waals surface area contributed by atoms with Crippen LogP contribution in [0.25, 0.3) is 0 Å². The summed E-state index contributed by atoms with van der Waals surface area (Å²) in [5.74, 6) is -0.932. The first-order valence-corrected chi connectivity index (χ1v) is 6.84. The zero-order valence-electron chi connectivity index (χ0n) is 10.2. The third-order valence-corrected chi connectivity index (χ3v) is 4.53. The van der Waals surface area contributed by atoms with Crippen LogP contribution in [-0.2, 0) is 11.0 Å². The van der Waals surface area contributed by atoms with E-state index in [1.54, 1.807) is 6.92 Å². The molecule has 0 saturated carbocycles. The lowest BCUT2D eigenvalue weighted by Gasteiger charge is -2.15. The number of rotatable bonds is 3. The molecule has 0 aromatic heterocycles. The average molecular weight is 290 g/mol. The van der Waals surface area contributed by atoms with Crippen LogP contribution in [0.1, 0.15) is 30.4 Å². The average Bonchev–Trinajstić information content (AvgIpc) is 2.70. The van der Waals surface area contributed by atoms with Crippen molar-refractivity contribution < 1.29 is 23.1 Å². The highest BCUT2D eigenvalue weighted by Crippen LogP contribution is 2.44. The summed E-state index contributed by atoms with van der Waals surface area (Å²) < 4.78 is 38.0. The summed E-state index contributed by atoms with van der Waals surface area (Å²) in [6, 6.07) is 3.72. The molecule has 6 heteroatoms. The van der Waals surface area contributed by atoms with E-state index in [-0.39, 0.29) is 5.92 Å². The number of benzene rings is 1. The Morgan fingerprint density at radius 1 is 1.53 bits per heavy atom. The molecule has 1 aliphatic heterocycles. The van der Waals surface area contributed by atoms with E-state index in [4.69, 9.17) is 5.11 Å². The highest BCUT2D eigenvalue weighted by atomic mass is 32.2. The predicted molar refractivity (Wildman–Crippen MR) is 66.3 cm³/mol. The molecule has 0 aliphatic carbocycles. The number of hydrogen-bond donors (Lipinski definition) is 1. The summed E-state index contributed by atoms with van der Waals surface area (Å²) in [6.07, 6.45) is -3.98. The first-order chi connectivity index (χ1) is 8.79. The van der Waals surface area contributed by atoms with Crippen LogP contribution in [0.2, 0.25) is 0 Å². The number of carbonyl (C=O) groups is 1. The van der Waals surface area contributed by atoms with E-state index in [2.05, 4.69) is 0 Å². The first kappa shape index (κ1) is 14.2. The predicted octanol–water partition coefficient (Wildman–Crippen LogP) is 4.01.